The SMILES string of the molecule is CN(C)CC1(O)CCC2(CCN(C(=O)CCCc3ccccc3)CC2)CC1. The Balaban J connectivity index is 1.40. The van der Waals surface area contributed by atoms with Crippen molar-refractivity contribution in [3.8, 4) is 0 Å². The van der Waals surface area contributed by atoms with Crippen LogP contribution in [0, 0.1) is 5.41 Å². The van der Waals surface area contributed by atoms with E-state index in [9.17, 15) is 9.90 Å². The van der Waals surface area contributed by atoms with E-state index in [-0.39, 0.29) is 0 Å². The van der Waals surface area contributed by atoms with E-state index in [4.69, 9.17) is 0 Å². The van der Waals surface area contributed by atoms with Crippen molar-refractivity contribution in [2.75, 3.05) is 33.7 Å². The van der Waals surface area contributed by atoms with E-state index in [0.717, 1.165) is 71.0 Å². The van der Waals surface area contributed by atoms with Gasteiger partial charge in [0.1, 0.15) is 0 Å². The summed E-state index contributed by atoms with van der Waals surface area (Å²) in [6, 6.07) is 10.4. The molecule has 1 aliphatic carbocycles. The summed E-state index contributed by atoms with van der Waals surface area (Å²) >= 11 is 0. The molecular formula is C23H36N2O2. The molecule has 1 spiro atoms. The Labute approximate surface area is 164 Å². The highest BCUT2D eigenvalue weighted by Gasteiger charge is 2.43. The molecule has 0 atom stereocenters. The molecule has 2 fully saturated rings. The third kappa shape index (κ3) is 5.55. The van der Waals surface area contributed by atoms with Gasteiger partial charge in [0.05, 0.1) is 5.60 Å². The zero-order valence-electron chi connectivity index (χ0n) is 17.1. The minimum absolute atomic E-state index is 0.320. The molecule has 2 aliphatic rings. The van der Waals surface area contributed by atoms with Gasteiger partial charge in [-0.05, 0) is 76.4 Å². The first kappa shape index (κ1) is 20.3. The number of amides is 1. The molecule has 1 aromatic carbocycles. The Hall–Kier alpha value is -1.39. The lowest BCUT2D eigenvalue weighted by Gasteiger charge is -2.49. The first-order chi connectivity index (χ1) is 12.9. The van der Waals surface area contributed by atoms with E-state index in [1.54, 1.807) is 0 Å². The van der Waals surface area contributed by atoms with Crippen LogP contribution in [0.3, 0.4) is 0 Å². The maximum Gasteiger partial charge on any atom is 0.222 e. The fraction of sp³-hybridized carbons (Fsp3) is 0.696. The zero-order valence-corrected chi connectivity index (χ0v) is 17.1. The standard InChI is InChI=1S/C23H36N2O2/c1-24(2)19-23(27)13-11-22(12-14-23)15-17-25(18-16-22)21(26)10-6-9-20-7-4-3-5-8-20/h3-5,7-8,27H,6,9-19H2,1-2H3. The summed E-state index contributed by atoms with van der Waals surface area (Å²) in [4.78, 5) is 16.7. The quantitative estimate of drug-likeness (QED) is 0.831. The van der Waals surface area contributed by atoms with Crippen LogP contribution in [0.5, 0.6) is 0 Å². The molecule has 1 aliphatic heterocycles. The number of carbonyl (C=O) groups excluding carboxylic acids is 1. The molecular weight excluding hydrogens is 336 g/mol. The molecule has 0 bridgehead atoms. The number of rotatable bonds is 6. The zero-order chi connectivity index (χ0) is 19.3. The van der Waals surface area contributed by atoms with Crippen molar-refractivity contribution >= 4 is 5.91 Å². The molecule has 4 nitrogen and oxygen atoms in total. The van der Waals surface area contributed by atoms with Crippen molar-refractivity contribution in [1.82, 2.24) is 9.80 Å². The molecule has 1 saturated carbocycles. The number of aryl methyl sites for hydroxylation is 1. The Morgan fingerprint density at radius 1 is 1.04 bits per heavy atom. The van der Waals surface area contributed by atoms with Gasteiger partial charge in [0.2, 0.25) is 5.91 Å². The molecule has 150 valence electrons. The lowest BCUT2D eigenvalue weighted by Crippen LogP contribution is -2.49. The van der Waals surface area contributed by atoms with E-state index < -0.39 is 5.60 Å². The lowest BCUT2D eigenvalue weighted by molar-refractivity contribution is -0.135. The largest absolute Gasteiger partial charge is 0.389 e. The van der Waals surface area contributed by atoms with Crippen LogP contribution in [0.15, 0.2) is 30.3 Å². The van der Waals surface area contributed by atoms with E-state index in [2.05, 4.69) is 34.1 Å². The first-order valence-electron chi connectivity index (χ1n) is 10.6. The van der Waals surface area contributed by atoms with Crippen molar-refractivity contribution in [3.63, 3.8) is 0 Å². The van der Waals surface area contributed by atoms with Gasteiger partial charge in [-0.3, -0.25) is 4.79 Å². The summed E-state index contributed by atoms with van der Waals surface area (Å²) in [6.07, 6.45) is 8.79. The van der Waals surface area contributed by atoms with Crippen LogP contribution in [0.4, 0.5) is 0 Å². The minimum atomic E-state index is -0.515. The summed E-state index contributed by atoms with van der Waals surface area (Å²) < 4.78 is 0. The van der Waals surface area contributed by atoms with E-state index in [1.807, 2.05) is 20.2 Å². The maximum atomic E-state index is 12.6. The fourth-order valence-corrected chi connectivity index (χ4v) is 4.97. The number of likely N-dealkylation sites (N-methyl/N-ethyl adjacent to an activating group) is 1. The lowest BCUT2D eigenvalue weighted by atomic mass is 9.64. The molecule has 4 heteroatoms. The topological polar surface area (TPSA) is 43.8 Å². The van der Waals surface area contributed by atoms with E-state index in [0.29, 0.717) is 17.7 Å². The number of benzene rings is 1. The van der Waals surface area contributed by atoms with Gasteiger partial charge in [0.25, 0.3) is 0 Å². The number of hydrogen-bond acceptors (Lipinski definition) is 3. The van der Waals surface area contributed by atoms with Crippen LogP contribution in [0.1, 0.15) is 56.9 Å². The second-order valence-corrected chi connectivity index (χ2v) is 9.18. The summed E-state index contributed by atoms with van der Waals surface area (Å²) in [7, 11) is 4.06. The van der Waals surface area contributed by atoms with Crippen molar-refractivity contribution < 1.29 is 9.90 Å². The third-order valence-electron chi connectivity index (χ3n) is 6.73. The predicted molar refractivity (Wildman–Crippen MR) is 110 cm³/mol. The van der Waals surface area contributed by atoms with Crippen LogP contribution in [-0.2, 0) is 11.2 Å². The third-order valence-corrected chi connectivity index (χ3v) is 6.73. The van der Waals surface area contributed by atoms with Gasteiger partial charge in [-0.25, -0.2) is 0 Å². The molecule has 0 unspecified atom stereocenters. The van der Waals surface area contributed by atoms with Crippen molar-refractivity contribution in [2.45, 2.75) is 63.4 Å². The van der Waals surface area contributed by atoms with Gasteiger partial charge >= 0.3 is 0 Å². The molecule has 1 saturated heterocycles. The van der Waals surface area contributed by atoms with Crippen LogP contribution in [-0.4, -0.2) is 60.1 Å². The van der Waals surface area contributed by atoms with E-state index in [1.165, 1.54) is 5.56 Å². The summed E-state index contributed by atoms with van der Waals surface area (Å²) in [6.45, 7) is 2.56. The average molecular weight is 373 g/mol. The number of nitrogens with zero attached hydrogens (tertiary/aromatic N) is 2. The number of hydrogen-bond donors (Lipinski definition) is 1. The van der Waals surface area contributed by atoms with Gasteiger partial charge in [-0.2, -0.15) is 0 Å². The van der Waals surface area contributed by atoms with Gasteiger partial charge < -0.3 is 14.9 Å². The molecule has 27 heavy (non-hydrogen) atoms. The highest BCUT2D eigenvalue weighted by molar-refractivity contribution is 5.76. The summed E-state index contributed by atoms with van der Waals surface area (Å²) in [5.74, 6) is 0.320. The molecule has 1 amide bonds. The Morgan fingerprint density at radius 2 is 1.67 bits per heavy atom. The summed E-state index contributed by atoms with van der Waals surface area (Å²) in [5, 5.41) is 10.8. The highest BCUT2D eigenvalue weighted by atomic mass is 16.3. The molecule has 3 rings (SSSR count). The Kier molecular flexibility index (Phi) is 6.59. The number of carbonyl (C=O) groups is 1. The van der Waals surface area contributed by atoms with Crippen molar-refractivity contribution in [1.29, 1.82) is 0 Å². The summed E-state index contributed by atoms with van der Waals surface area (Å²) in [5.41, 5.74) is 1.16. The molecule has 0 radical (unpaired) electrons. The van der Waals surface area contributed by atoms with Crippen LogP contribution < -0.4 is 0 Å². The first-order valence-corrected chi connectivity index (χ1v) is 10.6. The smallest absolute Gasteiger partial charge is 0.222 e. The fourth-order valence-electron chi connectivity index (χ4n) is 4.97. The van der Waals surface area contributed by atoms with Gasteiger partial charge in [-0.1, -0.05) is 30.3 Å². The molecule has 0 aromatic heterocycles. The normalized spacial score (nSPS) is 21.6. The Morgan fingerprint density at radius 3 is 2.26 bits per heavy atom. The minimum Gasteiger partial charge on any atom is -0.389 e. The van der Waals surface area contributed by atoms with Crippen LogP contribution in [0.25, 0.3) is 0 Å². The molecule has 1 N–H and O–H groups in total. The van der Waals surface area contributed by atoms with Gasteiger partial charge in [-0.15, -0.1) is 0 Å². The number of likely N-dealkylation sites (tertiary alicyclic amines) is 1. The van der Waals surface area contributed by atoms with E-state index >= 15 is 0 Å². The monoisotopic (exact) mass is 372 g/mol. The highest BCUT2D eigenvalue weighted by Crippen LogP contribution is 2.47. The average Bonchev–Trinajstić information content (AvgIpc) is 2.65. The predicted octanol–water partition coefficient (Wildman–Crippen LogP) is 3.48. The van der Waals surface area contributed by atoms with Crippen molar-refractivity contribution in [2.24, 2.45) is 5.41 Å². The molecule has 1 heterocycles. The second kappa shape index (κ2) is 8.74. The Bertz CT molecular complexity index is 596. The maximum absolute atomic E-state index is 12.6. The van der Waals surface area contributed by atoms with Gasteiger partial charge in [0.15, 0.2) is 0 Å². The van der Waals surface area contributed by atoms with Crippen LogP contribution in [0.2, 0.25) is 0 Å². The molecule has 1 aromatic rings. The number of aliphatic hydroxyl groups is 1. The van der Waals surface area contributed by atoms with Crippen LogP contribution >= 0.6 is 0 Å². The van der Waals surface area contributed by atoms with Crippen molar-refractivity contribution in [3.05, 3.63) is 35.9 Å². The second-order valence-electron chi connectivity index (χ2n) is 9.18. The van der Waals surface area contributed by atoms with Gasteiger partial charge in [0, 0.05) is 26.1 Å². The number of piperidine rings is 1.